The van der Waals surface area contributed by atoms with Crippen LogP contribution in [-0.2, 0) is 24.4 Å². The highest BCUT2D eigenvalue weighted by Crippen LogP contribution is 2.05. The van der Waals surface area contributed by atoms with Gasteiger partial charge in [0.2, 0.25) is 0 Å². The van der Waals surface area contributed by atoms with Crippen molar-refractivity contribution in [2.75, 3.05) is 0 Å². The largest absolute Gasteiger partial charge is 0.405 e. The Morgan fingerprint density at radius 1 is 1.64 bits per heavy atom. The summed E-state index contributed by atoms with van der Waals surface area (Å²) in [6.45, 7) is 4.42. The van der Waals surface area contributed by atoms with Crippen molar-refractivity contribution < 1.29 is 27.2 Å². The van der Waals surface area contributed by atoms with E-state index in [4.69, 9.17) is 9.81 Å². The van der Waals surface area contributed by atoms with Crippen LogP contribution in [0.25, 0.3) is 0 Å². The van der Waals surface area contributed by atoms with Gasteiger partial charge in [-0.3, -0.25) is 4.55 Å². The summed E-state index contributed by atoms with van der Waals surface area (Å²) < 4.78 is 37.2. The van der Waals surface area contributed by atoms with Crippen LogP contribution in [0.3, 0.4) is 0 Å². The molecule has 0 saturated carbocycles. The molecule has 78 valence electrons. The number of carbonyl (C=O) groups excluding carboxylic acids is 1. The van der Waals surface area contributed by atoms with Gasteiger partial charge in [-0.15, -0.1) is 0 Å². The average molecular weight is 221 g/mol. The fraction of sp³-hybridized carbons (Fsp3) is 0.333. The monoisotopic (exact) mass is 221 g/mol. The van der Waals surface area contributed by atoms with Gasteiger partial charge in [-0.05, 0) is 6.92 Å². The predicted octanol–water partition coefficient (Wildman–Crippen LogP) is -0.225. The Bertz CT molecular complexity index is 378. The first-order chi connectivity index (χ1) is 6.29. The number of nitrogens with zero attached hydrogens (tertiary/aromatic N) is 1. The molecule has 1 atom stereocenters. The third-order valence-electron chi connectivity index (χ3n) is 0.944. The third-order valence-corrected chi connectivity index (χ3v) is 1.62. The van der Waals surface area contributed by atoms with Crippen LogP contribution in [0.5, 0.6) is 0 Å². The lowest BCUT2D eigenvalue weighted by Crippen LogP contribution is -2.28. The van der Waals surface area contributed by atoms with E-state index in [1.165, 1.54) is 6.92 Å². The van der Waals surface area contributed by atoms with Gasteiger partial charge in [0.1, 0.15) is 0 Å². The molecule has 1 N–H and O–H groups in total. The SMILES string of the molecule is C=C(C)C(=O)OC(OC#N)S(=O)(=O)O. The van der Waals surface area contributed by atoms with Crippen LogP contribution in [0.15, 0.2) is 12.2 Å². The first-order valence-corrected chi connectivity index (χ1v) is 4.67. The molecule has 0 heterocycles. The average Bonchev–Trinajstić information content (AvgIpc) is 2.01. The number of ether oxygens (including phenoxy) is 2. The first kappa shape index (κ1) is 12.4. The minimum Gasteiger partial charge on any atom is -0.405 e. The number of hydrogen-bond donors (Lipinski definition) is 1. The van der Waals surface area contributed by atoms with Crippen LogP contribution < -0.4 is 0 Å². The molecule has 0 spiro atoms. The molecule has 14 heavy (non-hydrogen) atoms. The maximum Gasteiger partial charge on any atom is 0.383 e. The number of esters is 1. The van der Waals surface area contributed by atoms with E-state index in [2.05, 4.69) is 16.1 Å². The molecule has 0 fully saturated rings. The van der Waals surface area contributed by atoms with Crippen molar-refractivity contribution in [2.24, 2.45) is 0 Å². The summed E-state index contributed by atoms with van der Waals surface area (Å²) in [5, 5.41) is 7.99. The quantitative estimate of drug-likeness (QED) is 0.229. The third kappa shape index (κ3) is 3.88. The fourth-order valence-corrected chi connectivity index (χ4v) is 0.750. The zero-order valence-electron chi connectivity index (χ0n) is 7.13. The van der Waals surface area contributed by atoms with Crippen molar-refractivity contribution in [1.82, 2.24) is 0 Å². The topological polar surface area (TPSA) is 114 Å². The molecule has 7 nitrogen and oxygen atoms in total. The van der Waals surface area contributed by atoms with Crippen molar-refractivity contribution in [3.8, 4) is 6.26 Å². The van der Waals surface area contributed by atoms with E-state index >= 15 is 0 Å². The Morgan fingerprint density at radius 2 is 2.14 bits per heavy atom. The molecule has 0 aromatic heterocycles. The number of carbonyl (C=O) groups is 1. The maximum absolute atomic E-state index is 10.8. The zero-order valence-corrected chi connectivity index (χ0v) is 7.94. The van der Waals surface area contributed by atoms with Crippen LogP contribution >= 0.6 is 0 Å². The maximum atomic E-state index is 10.8. The Hall–Kier alpha value is -1.59. The Morgan fingerprint density at radius 3 is 2.43 bits per heavy atom. The van der Waals surface area contributed by atoms with Gasteiger partial charge >= 0.3 is 21.7 Å². The molecule has 0 saturated heterocycles. The molecular weight excluding hydrogens is 214 g/mol. The molecule has 0 rings (SSSR count). The summed E-state index contributed by atoms with van der Waals surface area (Å²) in [4.78, 5) is 10.8. The highest BCUT2D eigenvalue weighted by atomic mass is 32.2. The van der Waals surface area contributed by atoms with Gasteiger partial charge in [0.25, 0.3) is 6.26 Å². The standard InChI is InChI=1S/C6H7NO6S/c1-4(2)5(8)13-6(12-3-7)14(9,10)11/h6H,1H2,2H3,(H,9,10,11). The van der Waals surface area contributed by atoms with Crippen LogP contribution in [0.2, 0.25) is 0 Å². The Kier molecular flexibility index (Phi) is 4.07. The van der Waals surface area contributed by atoms with E-state index in [0.29, 0.717) is 0 Å². The zero-order chi connectivity index (χ0) is 11.4. The smallest absolute Gasteiger partial charge is 0.383 e. The van der Waals surface area contributed by atoms with E-state index in [1.807, 2.05) is 0 Å². The predicted molar refractivity (Wildman–Crippen MR) is 42.9 cm³/mol. The second-order valence-electron chi connectivity index (χ2n) is 2.20. The van der Waals surface area contributed by atoms with Gasteiger partial charge in [0.15, 0.2) is 0 Å². The molecule has 0 aromatic rings. The summed E-state index contributed by atoms with van der Waals surface area (Å²) in [6, 6.07) is 0. The number of hydrogen-bond acceptors (Lipinski definition) is 6. The summed E-state index contributed by atoms with van der Waals surface area (Å²) in [6.07, 6.45) is 0.973. The molecule has 0 amide bonds. The van der Waals surface area contributed by atoms with Gasteiger partial charge in [-0.2, -0.15) is 13.7 Å². The van der Waals surface area contributed by atoms with Gasteiger partial charge in [-0.25, -0.2) is 4.79 Å². The molecule has 0 aliphatic carbocycles. The van der Waals surface area contributed by atoms with Crippen LogP contribution in [0.1, 0.15) is 6.92 Å². The van der Waals surface area contributed by atoms with Crippen molar-refractivity contribution >= 4 is 16.1 Å². The lowest BCUT2D eigenvalue weighted by Gasteiger charge is -2.10. The lowest BCUT2D eigenvalue weighted by molar-refractivity contribution is -0.152. The summed E-state index contributed by atoms with van der Waals surface area (Å²) >= 11 is 0. The Balaban J connectivity index is 4.66. The summed E-state index contributed by atoms with van der Waals surface area (Å²) in [5.41, 5.74) is -2.45. The van der Waals surface area contributed by atoms with Gasteiger partial charge < -0.3 is 9.47 Å². The van der Waals surface area contributed by atoms with E-state index in [0.717, 1.165) is 6.26 Å². The molecule has 0 radical (unpaired) electrons. The van der Waals surface area contributed by atoms with Crippen molar-refractivity contribution in [3.05, 3.63) is 12.2 Å². The molecule has 8 heteroatoms. The van der Waals surface area contributed by atoms with Crippen LogP contribution in [-0.4, -0.2) is 24.6 Å². The number of nitriles is 1. The van der Waals surface area contributed by atoms with Crippen molar-refractivity contribution in [2.45, 2.75) is 12.5 Å². The van der Waals surface area contributed by atoms with Crippen LogP contribution in [0.4, 0.5) is 0 Å². The highest BCUT2D eigenvalue weighted by Gasteiger charge is 2.29. The first-order valence-electron chi connectivity index (χ1n) is 3.16. The molecule has 1 unspecified atom stereocenters. The highest BCUT2D eigenvalue weighted by molar-refractivity contribution is 7.86. The fourth-order valence-electron chi connectivity index (χ4n) is 0.377. The molecule has 0 bridgehead atoms. The summed E-state index contributed by atoms with van der Waals surface area (Å²) in [7, 11) is -4.78. The molecule has 0 aliphatic rings. The minimum atomic E-state index is -4.78. The minimum absolute atomic E-state index is 0.0970. The molecule has 0 aromatic carbocycles. The van der Waals surface area contributed by atoms with Gasteiger partial charge in [0, 0.05) is 5.57 Å². The van der Waals surface area contributed by atoms with Crippen molar-refractivity contribution in [3.63, 3.8) is 0 Å². The second-order valence-corrected chi connectivity index (χ2v) is 3.61. The second kappa shape index (κ2) is 4.59. The molecule has 0 aliphatic heterocycles. The van der Waals surface area contributed by atoms with Crippen molar-refractivity contribution in [1.29, 1.82) is 5.26 Å². The normalized spacial score (nSPS) is 12.4. The van der Waals surface area contributed by atoms with E-state index in [9.17, 15) is 13.2 Å². The van der Waals surface area contributed by atoms with E-state index in [1.54, 1.807) is 0 Å². The lowest BCUT2D eigenvalue weighted by atomic mass is 10.4. The van der Waals surface area contributed by atoms with Gasteiger partial charge in [0.05, 0.1) is 0 Å². The number of rotatable bonds is 4. The summed E-state index contributed by atoms with van der Waals surface area (Å²) in [5.74, 6) is -1.09. The Labute approximate surface area is 80.3 Å². The van der Waals surface area contributed by atoms with E-state index < -0.39 is 21.7 Å². The molecular formula is C6H7NO6S. The van der Waals surface area contributed by atoms with E-state index in [-0.39, 0.29) is 5.57 Å². The van der Waals surface area contributed by atoms with Crippen LogP contribution in [0, 0.1) is 11.5 Å². The van der Waals surface area contributed by atoms with Gasteiger partial charge in [-0.1, -0.05) is 6.58 Å².